The maximum Gasteiger partial charge on any atom is 0.0317 e. The number of nitrogens with two attached hydrogens (primary N) is 1. The number of nitrogens with zero attached hydrogens (tertiary/aromatic N) is 1. The molecule has 1 atom stereocenters. The molecule has 2 nitrogen and oxygen atoms in total. The molecule has 1 unspecified atom stereocenters. The quantitative estimate of drug-likeness (QED) is 0.819. The highest BCUT2D eigenvalue weighted by atomic mass is 15.1. The van der Waals surface area contributed by atoms with Gasteiger partial charge in [-0.2, -0.15) is 0 Å². The molecular weight excluding hydrogens is 244 g/mol. The zero-order valence-electron chi connectivity index (χ0n) is 14.1. The number of benzene rings is 1. The van der Waals surface area contributed by atoms with Crippen LogP contribution in [0.15, 0.2) is 24.3 Å². The van der Waals surface area contributed by atoms with Crippen molar-refractivity contribution < 1.29 is 0 Å². The van der Waals surface area contributed by atoms with Crippen LogP contribution in [0.4, 0.5) is 0 Å². The molecule has 0 aliphatic heterocycles. The van der Waals surface area contributed by atoms with Crippen LogP contribution < -0.4 is 5.73 Å². The van der Waals surface area contributed by atoms with Gasteiger partial charge in [0.25, 0.3) is 0 Å². The largest absolute Gasteiger partial charge is 0.330 e. The highest BCUT2D eigenvalue weighted by Crippen LogP contribution is 2.24. The van der Waals surface area contributed by atoms with Crippen LogP contribution in [0.2, 0.25) is 0 Å². The van der Waals surface area contributed by atoms with Crippen molar-refractivity contribution in [3.8, 4) is 0 Å². The van der Waals surface area contributed by atoms with Gasteiger partial charge < -0.3 is 5.73 Å². The Morgan fingerprint density at radius 1 is 1.10 bits per heavy atom. The highest BCUT2D eigenvalue weighted by molar-refractivity contribution is 5.25. The lowest BCUT2D eigenvalue weighted by Crippen LogP contribution is -2.37. The van der Waals surface area contributed by atoms with Crippen molar-refractivity contribution in [2.45, 2.75) is 47.1 Å². The molecule has 0 aliphatic rings. The minimum atomic E-state index is 0.167. The van der Waals surface area contributed by atoms with E-state index in [4.69, 9.17) is 5.73 Å². The van der Waals surface area contributed by atoms with Gasteiger partial charge in [0, 0.05) is 12.6 Å². The average Bonchev–Trinajstić information content (AvgIpc) is 2.37. The van der Waals surface area contributed by atoms with Gasteiger partial charge in [0.15, 0.2) is 0 Å². The fourth-order valence-electron chi connectivity index (χ4n) is 2.53. The summed E-state index contributed by atoms with van der Waals surface area (Å²) in [5.41, 5.74) is 8.81. The van der Waals surface area contributed by atoms with Gasteiger partial charge in [0.1, 0.15) is 0 Å². The van der Waals surface area contributed by atoms with Crippen molar-refractivity contribution in [1.29, 1.82) is 0 Å². The minimum absolute atomic E-state index is 0.167. The van der Waals surface area contributed by atoms with Crippen LogP contribution in [0, 0.1) is 11.3 Å². The third kappa shape index (κ3) is 5.26. The molecule has 0 aromatic heterocycles. The van der Waals surface area contributed by atoms with E-state index in [9.17, 15) is 0 Å². The molecule has 0 aliphatic carbocycles. The van der Waals surface area contributed by atoms with Crippen LogP contribution in [0.25, 0.3) is 0 Å². The molecule has 0 fully saturated rings. The van der Waals surface area contributed by atoms with Gasteiger partial charge in [-0.3, -0.25) is 4.90 Å². The Labute approximate surface area is 125 Å². The summed E-state index contributed by atoms with van der Waals surface area (Å²) in [6, 6.07) is 9.51. The summed E-state index contributed by atoms with van der Waals surface area (Å²) in [6.07, 6.45) is 1.16. The third-order valence-corrected chi connectivity index (χ3v) is 4.00. The van der Waals surface area contributed by atoms with E-state index in [0.29, 0.717) is 12.0 Å². The summed E-state index contributed by atoms with van der Waals surface area (Å²) < 4.78 is 0. The topological polar surface area (TPSA) is 29.3 Å². The van der Waals surface area contributed by atoms with Crippen LogP contribution in [0.5, 0.6) is 0 Å². The lowest BCUT2D eigenvalue weighted by molar-refractivity contribution is 0.174. The maximum absolute atomic E-state index is 5.83. The van der Waals surface area contributed by atoms with Crippen molar-refractivity contribution >= 4 is 0 Å². The summed E-state index contributed by atoms with van der Waals surface area (Å²) in [5.74, 6) is 0.714. The zero-order chi connectivity index (χ0) is 15.3. The fraction of sp³-hybridized carbons (Fsp3) is 0.667. The SMILES string of the molecule is CC(C)Cc1ccc(C(C)N(C)CC(C)(C)CN)cc1. The summed E-state index contributed by atoms with van der Waals surface area (Å²) >= 11 is 0. The monoisotopic (exact) mass is 276 g/mol. The van der Waals surface area contributed by atoms with Gasteiger partial charge in [-0.1, -0.05) is 52.0 Å². The first kappa shape index (κ1) is 17.2. The Kier molecular flexibility index (Phi) is 6.22. The summed E-state index contributed by atoms with van der Waals surface area (Å²) in [5, 5.41) is 0. The fourth-order valence-corrected chi connectivity index (χ4v) is 2.53. The summed E-state index contributed by atoms with van der Waals surface area (Å²) in [7, 11) is 2.18. The number of hydrogen-bond acceptors (Lipinski definition) is 2. The van der Waals surface area contributed by atoms with Gasteiger partial charge >= 0.3 is 0 Å². The predicted molar refractivity (Wildman–Crippen MR) is 88.9 cm³/mol. The lowest BCUT2D eigenvalue weighted by atomic mass is 9.92. The molecule has 114 valence electrons. The third-order valence-electron chi connectivity index (χ3n) is 4.00. The Morgan fingerprint density at radius 2 is 1.65 bits per heavy atom. The second-order valence-corrected chi connectivity index (χ2v) is 7.30. The van der Waals surface area contributed by atoms with Crippen LogP contribution in [-0.2, 0) is 6.42 Å². The molecular formula is C18H32N2. The van der Waals surface area contributed by atoms with Crippen LogP contribution in [0.3, 0.4) is 0 Å². The van der Waals surface area contributed by atoms with E-state index in [-0.39, 0.29) is 5.41 Å². The molecule has 20 heavy (non-hydrogen) atoms. The molecule has 2 N–H and O–H groups in total. The molecule has 1 aromatic rings. The van der Waals surface area contributed by atoms with E-state index in [2.05, 4.69) is 70.8 Å². The molecule has 2 heteroatoms. The van der Waals surface area contributed by atoms with Gasteiger partial charge in [0.2, 0.25) is 0 Å². The van der Waals surface area contributed by atoms with Crippen molar-refractivity contribution in [2.24, 2.45) is 17.1 Å². The smallest absolute Gasteiger partial charge is 0.0317 e. The molecule has 0 amide bonds. The molecule has 0 radical (unpaired) electrons. The zero-order valence-corrected chi connectivity index (χ0v) is 14.1. The van der Waals surface area contributed by atoms with Crippen molar-refractivity contribution in [1.82, 2.24) is 4.90 Å². The number of hydrogen-bond donors (Lipinski definition) is 1. The first-order valence-corrected chi connectivity index (χ1v) is 7.74. The van der Waals surface area contributed by atoms with Crippen LogP contribution in [-0.4, -0.2) is 25.0 Å². The maximum atomic E-state index is 5.83. The molecule has 0 spiro atoms. The van der Waals surface area contributed by atoms with Crippen molar-refractivity contribution in [2.75, 3.05) is 20.1 Å². The van der Waals surface area contributed by atoms with E-state index < -0.39 is 0 Å². The van der Waals surface area contributed by atoms with Crippen LogP contribution in [0.1, 0.15) is 51.8 Å². The average molecular weight is 276 g/mol. The summed E-state index contributed by atoms with van der Waals surface area (Å²) in [6.45, 7) is 13.0. The predicted octanol–water partition coefficient (Wildman–Crippen LogP) is 3.86. The normalized spacial score (nSPS) is 14.1. The summed E-state index contributed by atoms with van der Waals surface area (Å²) in [4.78, 5) is 2.39. The minimum Gasteiger partial charge on any atom is -0.330 e. The molecule has 0 saturated heterocycles. The molecule has 1 aromatic carbocycles. The van der Waals surface area contributed by atoms with E-state index in [0.717, 1.165) is 19.5 Å². The standard InChI is InChI=1S/C18H32N2/c1-14(2)11-16-7-9-17(10-8-16)15(3)20(6)13-18(4,5)12-19/h7-10,14-15H,11-13,19H2,1-6H3. The van der Waals surface area contributed by atoms with E-state index in [1.165, 1.54) is 11.1 Å². The second kappa shape index (κ2) is 7.24. The molecule has 0 saturated carbocycles. The molecule has 0 bridgehead atoms. The van der Waals surface area contributed by atoms with E-state index in [1.54, 1.807) is 0 Å². The second-order valence-electron chi connectivity index (χ2n) is 7.30. The Morgan fingerprint density at radius 3 is 2.10 bits per heavy atom. The molecule has 1 rings (SSSR count). The van der Waals surface area contributed by atoms with Gasteiger partial charge in [-0.15, -0.1) is 0 Å². The van der Waals surface area contributed by atoms with E-state index >= 15 is 0 Å². The molecule has 0 heterocycles. The van der Waals surface area contributed by atoms with E-state index in [1.807, 2.05) is 0 Å². The van der Waals surface area contributed by atoms with Gasteiger partial charge in [-0.25, -0.2) is 0 Å². The highest BCUT2D eigenvalue weighted by Gasteiger charge is 2.21. The van der Waals surface area contributed by atoms with Crippen molar-refractivity contribution in [3.63, 3.8) is 0 Å². The Hall–Kier alpha value is -0.860. The van der Waals surface area contributed by atoms with Gasteiger partial charge in [-0.05, 0) is 49.4 Å². The Bertz CT molecular complexity index is 392. The number of rotatable bonds is 7. The Balaban J connectivity index is 2.69. The lowest BCUT2D eigenvalue weighted by Gasteiger charge is -2.33. The first-order valence-electron chi connectivity index (χ1n) is 7.74. The van der Waals surface area contributed by atoms with Crippen LogP contribution >= 0.6 is 0 Å². The first-order chi connectivity index (χ1) is 9.25. The van der Waals surface area contributed by atoms with Gasteiger partial charge in [0.05, 0.1) is 0 Å². The van der Waals surface area contributed by atoms with Crippen molar-refractivity contribution in [3.05, 3.63) is 35.4 Å².